The molecule has 69 heavy (non-hydrogen) atoms. The van der Waals surface area contributed by atoms with Gasteiger partial charge in [-0.3, -0.25) is 28.7 Å². The number of aryl methyl sites for hydroxylation is 3. The molecule has 7 aromatic rings. The topological polar surface area (TPSA) is 194 Å². The monoisotopic (exact) mass is 966 g/mol. The summed E-state index contributed by atoms with van der Waals surface area (Å²) in [6.45, 7) is 15.4. The van der Waals surface area contributed by atoms with Gasteiger partial charge in [0.1, 0.15) is 34.5 Å². The number of esters is 1. The van der Waals surface area contributed by atoms with Gasteiger partial charge in [0.25, 0.3) is 5.91 Å². The lowest BCUT2D eigenvalue weighted by Gasteiger charge is -2.35. The number of nitrogens with one attached hydrogen (secondary N) is 2. The van der Waals surface area contributed by atoms with Crippen LogP contribution in [-0.2, 0) is 19.1 Å². The molecule has 0 saturated carbocycles. The number of nitrogens with zero attached hydrogens (tertiary/aromatic N) is 6. The maximum absolute atomic E-state index is 14.4. The normalized spacial score (nSPS) is 17.7. The Morgan fingerprint density at radius 2 is 1.61 bits per heavy atom. The van der Waals surface area contributed by atoms with E-state index in [9.17, 15) is 24.3 Å². The zero-order valence-electron chi connectivity index (χ0n) is 39.9. The van der Waals surface area contributed by atoms with E-state index in [2.05, 4.69) is 39.7 Å². The molecule has 1 saturated heterocycles. The third-order valence-electron chi connectivity index (χ3n) is 13.1. The summed E-state index contributed by atoms with van der Waals surface area (Å²) >= 11 is 3.21. The highest BCUT2D eigenvalue weighted by Gasteiger charge is 2.45. The molecule has 3 N–H and O–H groups in total. The smallest absolute Gasteiger partial charge is 0.308 e. The summed E-state index contributed by atoms with van der Waals surface area (Å²) in [6, 6.07) is 20.3. The second-order valence-corrected chi connectivity index (χ2v) is 21.0. The number of ether oxygens (including phenoxy) is 1. The zero-order chi connectivity index (χ0) is 49.1. The molecule has 3 amide bonds. The van der Waals surface area contributed by atoms with E-state index in [1.807, 2.05) is 118 Å². The van der Waals surface area contributed by atoms with Gasteiger partial charge in [-0.05, 0) is 86.1 Å². The van der Waals surface area contributed by atoms with Crippen molar-refractivity contribution in [2.45, 2.75) is 98.5 Å². The summed E-state index contributed by atoms with van der Waals surface area (Å²) in [5, 5.41) is 27.2. The van der Waals surface area contributed by atoms with E-state index >= 15 is 0 Å². The number of aliphatic hydroxyl groups excluding tert-OH is 1. The summed E-state index contributed by atoms with van der Waals surface area (Å²) in [5.41, 5.74) is 9.90. The Hall–Kier alpha value is -6.82. The fraction of sp³-hybridized carbons (Fsp3) is 0.346. The van der Waals surface area contributed by atoms with E-state index in [0.717, 1.165) is 65.1 Å². The number of likely N-dealkylation sites (tertiary alicyclic amines) is 1. The number of fused-ring (bicyclic) bond motifs is 4. The molecular formula is C52H54N8O7S2. The van der Waals surface area contributed by atoms with Gasteiger partial charge in [0, 0.05) is 34.4 Å². The van der Waals surface area contributed by atoms with Crippen LogP contribution in [0.3, 0.4) is 0 Å². The molecule has 9 rings (SSSR count). The number of amides is 3. The lowest BCUT2D eigenvalue weighted by atomic mass is 9.85. The van der Waals surface area contributed by atoms with Gasteiger partial charge in [0.05, 0.1) is 47.5 Å². The molecule has 3 aromatic carbocycles. The highest BCUT2D eigenvalue weighted by molar-refractivity contribution is 7.15. The Labute approximate surface area is 407 Å². The maximum Gasteiger partial charge on any atom is 0.308 e. The van der Waals surface area contributed by atoms with E-state index in [4.69, 9.17) is 14.1 Å². The molecule has 6 heterocycles. The Morgan fingerprint density at radius 3 is 2.29 bits per heavy atom. The lowest BCUT2D eigenvalue weighted by Crippen LogP contribution is -2.57. The predicted octanol–water partition coefficient (Wildman–Crippen LogP) is 8.54. The Kier molecular flexibility index (Phi) is 12.7. The van der Waals surface area contributed by atoms with Crippen molar-refractivity contribution in [1.29, 1.82) is 0 Å². The van der Waals surface area contributed by atoms with Crippen LogP contribution in [0.4, 0.5) is 0 Å². The number of methoxy groups -OCH3 is 1. The van der Waals surface area contributed by atoms with Gasteiger partial charge in [-0.15, -0.1) is 32.9 Å². The van der Waals surface area contributed by atoms with Crippen molar-refractivity contribution in [2.24, 2.45) is 10.4 Å². The van der Waals surface area contributed by atoms with Crippen LogP contribution in [0.25, 0.3) is 37.5 Å². The van der Waals surface area contributed by atoms with Gasteiger partial charge < -0.3 is 29.8 Å². The van der Waals surface area contributed by atoms with Gasteiger partial charge in [0.2, 0.25) is 11.8 Å². The number of thiazole rings is 1. The first kappa shape index (κ1) is 47.3. The van der Waals surface area contributed by atoms with Gasteiger partial charge in [-0.25, -0.2) is 4.98 Å². The summed E-state index contributed by atoms with van der Waals surface area (Å²) in [5.74, 6) is -0.529. The highest BCUT2D eigenvalue weighted by Crippen LogP contribution is 2.40. The van der Waals surface area contributed by atoms with Crippen molar-refractivity contribution < 1.29 is 33.4 Å². The molecule has 1 fully saturated rings. The predicted molar refractivity (Wildman–Crippen MR) is 266 cm³/mol. The maximum atomic E-state index is 14.4. The van der Waals surface area contributed by atoms with Crippen LogP contribution in [0.5, 0.6) is 0 Å². The number of carbonyl (C=O) groups excluding carboxylic acids is 4. The number of aromatic nitrogens is 4. The molecule has 0 bridgehead atoms. The number of β-amino-alcohol motifs (C(OH)–C–C–N with tert-alkyl or cyclic N) is 1. The molecule has 2 aliphatic rings. The minimum Gasteiger partial charge on any atom is -0.469 e. The van der Waals surface area contributed by atoms with E-state index in [1.54, 1.807) is 28.7 Å². The molecule has 1 unspecified atom stereocenters. The van der Waals surface area contributed by atoms with Crippen LogP contribution in [-0.4, -0.2) is 91.0 Å². The molecule has 356 valence electrons. The molecular weight excluding hydrogens is 913 g/mol. The van der Waals surface area contributed by atoms with Gasteiger partial charge in [-0.2, -0.15) is 0 Å². The standard InChI is InChI=1S/C52H54N8O7S2/c1-26-29(4)69-51-43(26)44(55-38(23-42(62)66-9)47-58-57-30(5)60(47)51)33-14-12-32(13-15-33)35-18-19-40-36(20-35)21-41(67-40)49(64)56-46(52(6,7)8)50(65)59-24-37(61)22-39(59)48(63)54-27(2)31-10-16-34(17-11-31)45-28(3)53-25-68-45/h10-21,25,27,37-39,46,61H,22-24H2,1-9H3,(H,54,63)(H,56,64)/t27-,37+,38-,39-,46?/m0/s1. The molecule has 0 aliphatic carbocycles. The molecule has 15 nitrogen and oxygen atoms in total. The average molecular weight is 967 g/mol. The Morgan fingerprint density at radius 1 is 0.913 bits per heavy atom. The molecule has 0 spiro atoms. The molecule has 17 heteroatoms. The van der Waals surface area contributed by atoms with Gasteiger partial charge in [-0.1, -0.05) is 75.4 Å². The molecule has 4 aromatic heterocycles. The lowest BCUT2D eigenvalue weighted by molar-refractivity contribution is -0.142. The number of hydrogen-bond donors (Lipinski definition) is 3. The van der Waals surface area contributed by atoms with Gasteiger partial charge in [0.15, 0.2) is 11.6 Å². The summed E-state index contributed by atoms with van der Waals surface area (Å²) in [6.07, 6.45) is -0.835. The van der Waals surface area contributed by atoms with Crippen LogP contribution in [0.15, 0.2) is 87.7 Å². The molecule has 5 atom stereocenters. The fourth-order valence-corrected chi connectivity index (χ4v) is 11.2. The first-order valence-corrected chi connectivity index (χ1v) is 24.5. The van der Waals surface area contributed by atoms with E-state index in [0.29, 0.717) is 22.6 Å². The highest BCUT2D eigenvalue weighted by atomic mass is 32.1. The first-order valence-electron chi connectivity index (χ1n) is 22.8. The second-order valence-electron chi connectivity index (χ2n) is 18.9. The van der Waals surface area contributed by atoms with Crippen molar-refractivity contribution in [1.82, 2.24) is 35.3 Å². The number of hydrogen-bond acceptors (Lipinski definition) is 13. The third kappa shape index (κ3) is 9.13. The van der Waals surface area contributed by atoms with E-state index in [1.165, 1.54) is 12.0 Å². The van der Waals surface area contributed by atoms with Crippen LogP contribution >= 0.6 is 22.7 Å². The summed E-state index contributed by atoms with van der Waals surface area (Å²) in [4.78, 5) is 68.0. The van der Waals surface area contributed by atoms with Crippen molar-refractivity contribution in [3.8, 4) is 26.6 Å². The van der Waals surface area contributed by atoms with Crippen LogP contribution in [0, 0.1) is 33.1 Å². The number of benzene rings is 3. The number of aliphatic hydroxyl groups is 1. The number of rotatable bonds is 11. The zero-order valence-corrected chi connectivity index (χ0v) is 41.5. The fourth-order valence-electron chi connectivity index (χ4n) is 9.14. The van der Waals surface area contributed by atoms with Crippen molar-refractivity contribution in [3.63, 3.8) is 0 Å². The molecule has 0 radical (unpaired) electrons. The second kappa shape index (κ2) is 18.6. The van der Waals surface area contributed by atoms with E-state index in [-0.39, 0.29) is 37.1 Å². The van der Waals surface area contributed by atoms with Crippen molar-refractivity contribution >= 4 is 63.0 Å². The van der Waals surface area contributed by atoms with E-state index < -0.39 is 47.4 Å². The van der Waals surface area contributed by atoms with Crippen LogP contribution < -0.4 is 10.6 Å². The first-order chi connectivity index (χ1) is 32.9. The third-order valence-corrected chi connectivity index (χ3v) is 15.3. The van der Waals surface area contributed by atoms with Crippen LogP contribution in [0.2, 0.25) is 0 Å². The number of furan rings is 1. The summed E-state index contributed by atoms with van der Waals surface area (Å²) in [7, 11) is 1.36. The van der Waals surface area contributed by atoms with Gasteiger partial charge >= 0.3 is 5.97 Å². The molecule has 2 aliphatic heterocycles. The largest absolute Gasteiger partial charge is 0.469 e. The number of carbonyl (C=O) groups is 4. The van der Waals surface area contributed by atoms with Crippen molar-refractivity contribution in [3.05, 3.63) is 129 Å². The van der Waals surface area contributed by atoms with Crippen molar-refractivity contribution in [2.75, 3.05) is 13.7 Å². The minimum atomic E-state index is -1.05. The van der Waals surface area contributed by atoms with Crippen LogP contribution in [0.1, 0.15) is 108 Å². The minimum absolute atomic E-state index is 0.00838. The SMILES string of the molecule is COC(=O)C[C@@H]1N=C(c2ccc(-c3ccc4oc(C(=O)NC(C(=O)N5C[C@H](O)C[C@H]5C(=O)N[C@@H](C)c5ccc(-c6scnc6C)cc5)C(C)(C)C)cc4c3)cc2)c2c(sc(C)c2C)-n2c(C)nnc21. The number of aliphatic imine (C=N–C) groups is 1. The average Bonchev–Trinajstić information content (AvgIpc) is 4.16. The Balaban J connectivity index is 0.914. The quantitative estimate of drug-likeness (QED) is 0.106. The Bertz CT molecular complexity index is 3160. The summed E-state index contributed by atoms with van der Waals surface area (Å²) < 4.78 is 13.1. The number of thiophene rings is 1.